The number of likely N-dealkylation sites (tertiary alicyclic amines) is 1. The smallest absolute Gasteiger partial charge is 0.368 e. The molecule has 5 aliphatic rings. The molecule has 6 nitrogen and oxygen atoms in total. The summed E-state index contributed by atoms with van der Waals surface area (Å²) in [4.78, 5) is 43.2. The fourth-order valence-electron chi connectivity index (χ4n) is 5.62. The van der Waals surface area contributed by atoms with Crippen LogP contribution in [0.4, 0.5) is 18.9 Å². The number of hydrogen-bond acceptors (Lipinski definition) is 4. The van der Waals surface area contributed by atoms with Gasteiger partial charge < -0.3 is 9.80 Å². The summed E-state index contributed by atoms with van der Waals surface area (Å²) in [5, 5.41) is 0. The van der Waals surface area contributed by atoms with Crippen molar-refractivity contribution in [1.82, 2.24) is 9.80 Å². The minimum atomic E-state index is -4.41. The second-order valence-electron chi connectivity index (χ2n) is 9.02. The summed E-state index contributed by atoms with van der Waals surface area (Å²) in [6.07, 6.45) is 1.48. The Kier molecular flexibility index (Phi) is 5.02. The molecule has 170 valence electrons. The van der Waals surface area contributed by atoms with Crippen molar-refractivity contribution in [1.29, 1.82) is 0 Å². The molecule has 1 saturated carbocycles. The number of benzene rings is 1. The molecule has 4 atom stereocenters. The fraction of sp³-hybridized carbons (Fsp3) is 0.522. The topological polar surface area (TPSA) is 60.9 Å². The Bertz CT molecular complexity index is 952. The lowest BCUT2D eigenvalue weighted by atomic mass is 9.63. The molecule has 9 heteroatoms. The summed E-state index contributed by atoms with van der Waals surface area (Å²) >= 11 is 0. The molecule has 0 unspecified atom stereocenters. The summed E-state index contributed by atoms with van der Waals surface area (Å²) < 4.78 is 39.0. The first-order valence-electron chi connectivity index (χ1n) is 11.0. The first-order chi connectivity index (χ1) is 15.2. The Morgan fingerprint density at radius 3 is 2.06 bits per heavy atom. The van der Waals surface area contributed by atoms with Gasteiger partial charge in [-0.05, 0) is 42.9 Å². The molecule has 0 aromatic heterocycles. The quantitative estimate of drug-likeness (QED) is 0.528. The van der Waals surface area contributed by atoms with Crippen LogP contribution in [0.15, 0.2) is 36.4 Å². The number of rotatable bonds is 3. The van der Waals surface area contributed by atoms with E-state index in [9.17, 15) is 27.6 Å². The second-order valence-corrected chi connectivity index (χ2v) is 9.02. The van der Waals surface area contributed by atoms with Crippen LogP contribution in [-0.2, 0) is 20.6 Å². The standard InChI is InChI=1S/C23H24F3N3O3/c24-23(25,26)16-2-1-3-17(12-16)27-8-10-28(11-9-27)18(30)13-29-21(31)19-14-4-5-15(7-6-14)20(19)22(29)32/h1-5,12,14-15,19-20H,6-11,13H2/t14-,15-,19-,20+/m0/s1. The minimum absolute atomic E-state index is 0.0811. The summed E-state index contributed by atoms with van der Waals surface area (Å²) in [6.45, 7) is 1.16. The third-order valence-corrected chi connectivity index (χ3v) is 7.32. The van der Waals surface area contributed by atoms with Gasteiger partial charge in [0.25, 0.3) is 0 Å². The molecule has 32 heavy (non-hydrogen) atoms. The maximum absolute atomic E-state index is 13.0. The van der Waals surface area contributed by atoms with Gasteiger partial charge in [-0.15, -0.1) is 0 Å². The summed E-state index contributed by atoms with van der Waals surface area (Å²) in [5.41, 5.74) is -0.242. The third-order valence-electron chi connectivity index (χ3n) is 7.32. The lowest BCUT2D eigenvalue weighted by Gasteiger charge is -2.38. The monoisotopic (exact) mass is 447 g/mol. The molecule has 3 amide bonds. The highest BCUT2D eigenvalue weighted by atomic mass is 19.4. The van der Waals surface area contributed by atoms with E-state index in [4.69, 9.17) is 0 Å². The summed E-state index contributed by atoms with van der Waals surface area (Å²) in [6, 6.07) is 5.15. The highest BCUT2D eigenvalue weighted by Crippen LogP contribution is 2.49. The van der Waals surface area contributed by atoms with Gasteiger partial charge in [-0.2, -0.15) is 13.2 Å². The number of amides is 3. The van der Waals surface area contributed by atoms with Crippen LogP contribution in [-0.4, -0.2) is 60.2 Å². The van der Waals surface area contributed by atoms with Gasteiger partial charge in [-0.25, -0.2) is 0 Å². The number of hydrogen-bond donors (Lipinski definition) is 0. The lowest BCUT2D eigenvalue weighted by molar-refractivity contribution is -0.146. The fourth-order valence-corrected chi connectivity index (χ4v) is 5.62. The first kappa shape index (κ1) is 21.0. The van der Waals surface area contributed by atoms with E-state index in [0.717, 1.165) is 29.9 Å². The Morgan fingerprint density at radius 2 is 1.53 bits per heavy atom. The van der Waals surface area contributed by atoms with Crippen LogP contribution in [0, 0.1) is 23.7 Å². The summed E-state index contributed by atoms with van der Waals surface area (Å²) in [7, 11) is 0. The molecule has 3 fully saturated rings. The molecule has 2 saturated heterocycles. The zero-order valence-corrected chi connectivity index (χ0v) is 17.4. The molecule has 1 aromatic rings. The van der Waals surface area contributed by atoms with Gasteiger partial charge in [-0.3, -0.25) is 19.3 Å². The maximum atomic E-state index is 13.0. The number of fused-ring (bicyclic) bond motifs is 1. The van der Waals surface area contributed by atoms with Crippen LogP contribution in [0.25, 0.3) is 0 Å². The van der Waals surface area contributed by atoms with E-state index in [1.165, 1.54) is 6.07 Å². The molecular weight excluding hydrogens is 423 g/mol. The van der Waals surface area contributed by atoms with Crippen LogP contribution >= 0.6 is 0 Å². The maximum Gasteiger partial charge on any atom is 0.416 e. The molecule has 2 aliphatic heterocycles. The largest absolute Gasteiger partial charge is 0.416 e. The molecule has 6 rings (SSSR count). The van der Waals surface area contributed by atoms with E-state index in [1.54, 1.807) is 11.0 Å². The predicted molar refractivity (Wildman–Crippen MR) is 109 cm³/mol. The van der Waals surface area contributed by atoms with Gasteiger partial charge in [0.1, 0.15) is 6.54 Å². The van der Waals surface area contributed by atoms with Crippen molar-refractivity contribution in [3.8, 4) is 0 Å². The highest BCUT2D eigenvalue weighted by molar-refractivity contribution is 6.08. The van der Waals surface area contributed by atoms with Crippen LogP contribution < -0.4 is 4.90 Å². The van der Waals surface area contributed by atoms with Crippen molar-refractivity contribution in [3.05, 3.63) is 42.0 Å². The number of imide groups is 1. The molecule has 0 spiro atoms. The van der Waals surface area contributed by atoms with E-state index in [1.807, 2.05) is 17.1 Å². The van der Waals surface area contributed by atoms with E-state index in [2.05, 4.69) is 0 Å². The van der Waals surface area contributed by atoms with Crippen LogP contribution in [0.2, 0.25) is 0 Å². The van der Waals surface area contributed by atoms with Gasteiger partial charge in [0.2, 0.25) is 17.7 Å². The van der Waals surface area contributed by atoms with Crippen molar-refractivity contribution in [2.24, 2.45) is 23.7 Å². The average Bonchev–Trinajstić information content (AvgIpc) is 3.06. The Balaban J connectivity index is 1.21. The van der Waals surface area contributed by atoms with Gasteiger partial charge in [-0.1, -0.05) is 18.2 Å². The number of alkyl halides is 3. The van der Waals surface area contributed by atoms with E-state index in [0.29, 0.717) is 31.9 Å². The van der Waals surface area contributed by atoms with Crippen LogP contribution in [0.3, 0.4) is 0 Å². The SMILES string of the molecule is O=C(CN1C(=O)[C@@H]2[C@H](C1=O)[C@H]1C=C[C@H]2CC1)N1CCN(c2cccc(C(F)(F)F)c2)CC1. The number of carbonyl (C=O) groups is 3. The average molecular weight is 447 g/mol. The second kappa shape index (κ2) is 7.64. The first-order valence-corrected chi connectivity index (χ1v) is 11.0. The molecule has 0 N–H and O–H groups in total. The molecule has 2 heterocycles. The molecule has 2 bridgehead atoms. The van der Waals surface area contributed by atoms with Gasteiger partial charge in [0.15, 0.2) is 0 Å². The predicted octanol–water partition coefficient (Wildman–Crippen LogP) is 2.55. The Morgan fingerprint density at radius 1 is 0.938 bits per heavy atom. The van der Waals surface area contributed by atoms with Crippen molar-refractivity contribution in [3.63, 3.8) is 0 Å². The van der Waals surface area contributed by atoms with E-state index < -0.39 is 11.7 Å². The van der Waals surface area contributed by atoms with Crippen molar-refractivity contribution < 1.29 is 27.6 Å². The Labute approximate surface area is 183 Å². The third kappa shape index (κ3) is 3.47. The van der Waals surface area contributed by atoms with Crippen molar-refractivity contribution >= 4 is 23.4 Å². The number of nitrogens with zero attached hydrogens (tertiary/aromatic N) is 3. The molecule has 0 radical (unpaired) electrons. The minimum Gasteiger partial charge on any atom is -0.368 e. The number of anilines is 1. The zero-order chi connectivity index (χ0) is 22.6. The van der Waals surface area contributed by atoms with E-state index in [-0.39, 0.29) is 47.9 Å². The lowest BCUT2D eigenvalue weighted by Crippen LogP contribution is -2.52. The Hall–Kier alpha value is -2.84. The number of piperazine rings is 1. The molecular formula is C23H24F3N3O3. The highest BCUT2D eigenvalue weighted by Gasteiger charge is 2.56. The molecule has 1 aromatic carbocycles. The normalized spacial score (nSPS) is 29.7. The van der Waals surface area contributed by atoms with Crippen LogP contribution in [0.1, 0.15) is 18.4 Å². The van der Waals surface area contributed by atoms with E-state index >= 15 is 0 Å². The van der Waals surface area contributed by atoms with Crippen molar-refractivity contribution in [2.45, 2.75) is 19.0 Å². The molecule has 3 aliphatic carbocycles. The summed E-state index contributed by atoms with van der Waals surface area (Å²) in [5.74, 6) is -1.29. The number of halogens is 3. The number of allylic oxidation sites excluding steroid dienone is 2. The van der Waals surface area contributed by atoms with Crippen molar-refractivity contribution in [2.75, 3.05) is 37.6 Å². The van der Waals surface area contributed by atoms with Crippen LogP contribution in [0.5, 0.6) is 0 Å². The zero-order valence-electron chi connectivity index (χ0n) is 17.4. The van der Waals surface area contributed by atoms with Gasteiger partial charge in [0, 0.05) is 31.9 Å². The number of carbonyl (C=O) groups excluding carboxylic acids is 3. The van der Waals surface area contributed by atoms with Gasteiger partial charge >= 0.3 is 6.18 Å². The van der Waals surface area contributed by atoms with Gasteiger partial charge in [0.05, 0.1) is 17.4 Å².